The Kier molecular flexibility index (Phi) is 5.25. The van der Waals surface area contributed by atoms with Crippen LogP contribution in [0.15, 0.2) is 42.5 Å². The van der Waals surface area contributed by atoms with E-state index in [0.29, 0.717) is 10.6 Å². The van der Waals surface area contributed by atoms with Crippen LogP contribution in [0.1, 0.15) is 18.1 Å². The molecule has 1 unspecified atom stereocenters. The minimum absolute atomic E-state index is 0.149. The number of nitro benzene ring substituents is 1. The lowest BCUT2D eigenvalue weighted by Crippen LogP contribution is -2.42. The molecular formula is C19H17ClN4O5. The highest BCUT2D eigenvalue weighted by atomic mass is 35.5. The number of nitrogens with zero attached hydrogens (tertiary/aromatic N) is 2. The normalized spacial score (nSPS) is 18.5. The second-order valence-electron chi connectivity index (χ2n) is 6.68. The molecule has 3 rings (SSSR count). The predicted octanol–water partition coefficient (Wildman–Crippen LogP) is 2.96. The molecule has 29 heavy (non-hydrogen) atoms. The van der Waals surface area contributed by atoms with E-state index in [1.807, 2.05) is 0 Å². The summed E-state index contributed by atoms with van der Waals surface area (Å²) in [5.74, 6) is -1.29. The Bertz CT molecular complexity index is 1040. The SMILES string of the molecule is Cc1c(NC(=O)CN2C(=O)NC(C)(c3ccccc3Cl)C2=O)cccc1[N+](=O)[O-]. The van der Waals surface area contributed by atoms with Crippen molar-refractivity contribution < 1.29 is 19.3 Å². The van der Waals surface area contributed by atoms with Crippen molar-refractivity contribution in [2.75, 3.05) is 11.9 Å². The van der Waals surface area contributed by atoms with Gasteiger partial charge in [0.1, 0.15) is 12.1 Å². The molecule has 1 heterocycles. The number of benzene rings is 2. The van der Waals surface area contributed by atoms with Crippen molar-refractivity contribution in [3.05, 3.63) is 68.7 Å². The first-order valence-corrected chi connectivity index (χ1v) is 8.96. The first-order chi connectivity index (χ1) is 13.6. The molecule has 2 aromatic rings. The largest absolute Gasteiger partial charge is 0.325 e. The van der Waals surface area contributed by atoms with Gasteiger partial charge in [-0.2, -0.15) is 0 Å². The molecule has 0 aromatic heterocycles. The molecule has 0 bridgehead atoms. The molecule has 0 saturated carbocycles. The number of nitro groups is 1. The zero-order valence-electron chi connectivity index (χ0n) is 15.6. The predicted molar refractivity (Wildman–Crippen MR) is 106 cm³/mol. The van der Waals surface area contributed by atoms with Crippen molar-refractivity contribution in [1.82, 2.24) is 10.2 Å². The van der Waals surface area contributed by atoms with E-state index in [2.05, 4.69) is 10.6 Å². The molecular weight excluding hydrogens is 400 g/mol. The van der Waals surface area contributed by atoms with Gasteiger partial charge in [-0.15, -0.1) is 0 Å². The Hall–Kier alpha value is -3.46. The number of rotatable bonds is 5. The summed E-state index contributed by atoms with van der Waals surface area (Å²) < 4.78 is 0. The van der Waals surface area contributed by atoms with Crippen LogP contribution in [-0.4, -0.2) is 34.2 Å². The van der Waals surface area contributed by atoms with Crippen molar-refractivity contribution in [2.24, 2.45) is 0 Å². The summed E-state index contributed by atoms with van der Waals surface area (Å²) in [7, 11) is 0. The van der Waals surface area contributed by atoms with Gasteiger partial charge in [-0.25, -0.2) is 4.79 Å². The number of hydrogen-bond donors (Lipinski definition) is 2. The van der Waals surface area contributed by atoms with E-state index in [1.165, 1.54) is 32.0 Å². The van der Waals surface area contributed by atoms with Crippen molar-refractivity contribution in [3.63, 3.8) is 0 Å². The lowest BCUT2D eigenvalue weighted by molar-refractivity contribution is -0.385. The summed E-state index contributed by atoms with van der Waals surface area (Å²) in [6.07, 6.45) is 0. The van der Waals surface area contributed by atoms with Crippen molar-refractivity contribution in [1.29, 1.82) is 0 Å². The van der Waals surface area contributed by atoms with Crippen molar-refractivity contribution >= 4 is 40.8 Å². The quantitative estimate of drug-likeness (QED) is 0.441. The Morgan fingerprint density at radius 2 is 1.93 bits per heavy atom. The molecule has 0 aliphatic carbocycles. The van der Waals surface area contributed by atoms with E-state index in [9.17, 15) is 24.5 Å². The number of halogens is 1. The van der Waals surface area contributed by atoms with E-state index >= 15 is 0 Å². The summed E-state index contributed by atoms with van der Waals surface area (Å²) in [5.41, 5.74) is -0.646. The molecule has 1 saturated heterocycles. The fourth-order valence-corrected chi connectivity index (χ4v) is 3.50. The van der Waals surface area contributed by atoms with E-state index in [-0.39, 0.29) is 16.9 Å². The molecule has 2 aromatic carbocycles. The highest BCUT2D eigenvalue weighted by Gasteiger charge is 2.50. The van der Waals surface area contributed by atoms with Gasteiger partial charge in [0, 0.05) is 16.7 Å². The smallest absolute Gasteiger partial charge is 0.324 e. The molecule has 150 valence electrons. The van der Waals surface area contributed by atoms with Crippen molar-refractivity contribution in [3.8, 4) is 0 Å². The summed E-state index contributed by atoms with van der Waals surface area (Å²) in [4.78, 5) is 49.0. The molecule has 9 nitrogen and oxygen atoms in total. The number of imide groups is 1. The second kappa shape index (κ2) is 7.51. The van der Waals surface area contributed by atoms with Crippen LogP contribution >= 0.6 is 11.6 Å². The third-order valence-electron chi connectivity index (χ3n) is 4.77. The maximum absolute atomic E-state index is 12.9. The maximum Gasteiger partial charge on any atom is 0.325 e. The highest BCUT2D eigenvalue weighted by Crippen LogP contribution is 2.33. The summed E-state index contributed by atoms with van der Waals surface area (Å²) in [5, 5.41) is 16.4. The lowest BCUT2D eigenvalue weighted by Gasteiger charge is -2.23. The summed E-state index contributed by atoms with van der Waals surface area (Å²) >= 11 is 6.17. The van der Waals surface area contributed by atoms with Gasteiger partial charge in [-0.1, -0.05) is 35.9 Å². The van der Waals surface area contributed by atoms with Crippen LogP contribution in [0.4, 0.5) is 16.2 Å². The van der Waals surface area contributed by atoms with Gasteiger partial charge in [0.25, 0.3) is 11.6 Å². The lowest BCUT2D eigenvalue weighted by atomic mass is 9.92. The van der Waals surface area contributed by atoms with Crippen LogP contribution in [0.2, 0.25) is 5.02 Å². The molecule has 1 fully saturated rings. The molecule has 2 N–H and O–H groups in total. The van der Waals surface area contributed by atoms with Gasteiger partial charge in [-0.05, 0) is 26.0 Å². The fourth-order valence-electron chi connectivity index (χ4n) is 3.18. The number of hydrogen-bond acceptors (Lipinski definition) is 5. The first-order valence-electron chi connectivity index (χ1n) is 8.58. The molecule has 0 spiro atoms. The number of amides is 4. The van der Waals surface area contributed by atoms with Gasteiger partial charge in [0.2, 0.25) is 5.91 Å². The van der Waals surface area contributed by atoms with Gasteiger partial charge < -0.3 is 10.6 Å². The topological polar surface area (TPSA) is 122 Å². The third-order valence-corrected chi connectivity index (χ3v) is 5.09. The third kappa shape index (κ3) is 3.64. The standard InChI is InChI=1S/C19H17ClN4O5/c1-11-14(8-5-9-15(11)24(28)29)21-16(25)10-23-17(26)19(2,22-18(23)27)12-6-3-4-7-13(12)20/h3-9H,10H2,1-2H3,(H,21,25)(H,22,27). The average Bonchev–Trinajstić information content (AvgIpc) is 2.87. The number of urea groups is 1. The minimum atomic E-state index is -1.41. The Balaban J connectivity index is 1.79. The Morgan fingerprint density at radius 3 is 2.59 bits per heavy atom. The summed E-state index contributed by atoms with van der Waals surface area (Å²) in [6.45, 7) is 2.46. The van der Waals surface area contributed by atoms with E-state index in [0.717, 1.165) is 4.90 Å². The minimum Gasteiger partial charge on any atom is -0.324 e. The Morgan fingerprint density at radius 1 is 1.24 bits per heavy atom. The van der Waals surface area contributed by atoms with Crippen molar-refractivity contribution in [2.45, 2.75) is 19.4 Å². The van der Waals surface area contributed by atoms with Gasteiger partial charge in [0.15, 0.2) is 0 Å². The number of carbonyl (C=O) groups is 3. The van der Waals surface area contributed by atoms with Gasteiger partial charge >= 0.3 is 6.03 Å². The molecule has 1 atom stereocenters. The van der Waals surface area contributed by atoms with Gasteiger partial charge in [-0.3, -0.25) is 24.6 Å². The molecule has 4 amide bonds. The summed E-state index contributed by atoms with van der Waals surface area (Å²) in [6, 6.07) is 10.1. The monoisotopic (exact) mass is 416 g/mol. The van der Waals surface area contributed by atoms with Crippen LogP contribution in [0.5, 0.6) is 0 Å². The van der Waals surface area contributed by atoms with Crippen LogP contribution in [0.3, 0.4) is 0 Å². The van der Waals surface area contributed by atoms with Gasteiger partial charge in [0.05, 0.1) is 16.2 Å². The molecule has 1 aliphatic rings. The maximum atomic E-state index is 12.9. The number of carbonyl (C=O) groups excluding carboxylic acids is 3. The van der Waals surface area contributed by atoms with E-state index < -0.39 is 34.9 Å². The molecule has 1 aliphatic heterocycles. The highest BCUT2D eigenvalue weighted by molar-refractivity contribution is 6.32. The Labute approximate surface area is 170 Å². The van der Waals surface area contributed by atoms with Crippen LogP contribution < -0.4 is 10.6 Å². The number of anilines is 1. The molecule has 0 radical (unpaired) electrons. The van der Waals surface area contributed by atoms with Crippen LogP contribution in [0, 0.1) is 17.0 Å². The average molecular weight is 417 g/mol. The second-order valence-corrected chi connectivity index (χ2v) is 7.09. The van der Waals surface area contributed by atoms with Crippen LogP contribution in [0.25, 0.3) is 0 Å². The fraction of sp³-hybridized carbons (Fsp3) is 0.211. The van der Waals surface area contributed by atoms with E-state index in [4.69, 9.17) is 11.6 Å². The zero-order valence-corrected chi connectivity index (χ0v) is 16.3. The van der Waals surface area contributed by atoms with E-state index in [1.54, 1.807) is 24.3 Å². The number of nitrogens with one attached hydrogen (secondary N) is 2. The molecule has 10 heteroatoms. The first kappa shape index (κ1) is 20.3. The zero-order chi connectivity index (χ0) is 21.3. The van der Waals surface area contributed by atoms with Crippen LogP contribution in [-0.2, 0) is 15.1 Å².